The highest BCUT2D eigenvalue weighted by atomic mass is 16.4. The van der Waals surface area contributed by atoms with Gasteiger partial charge < -0.3 is 10.2 Å². The Balaban J connectivity index is 4.78. The van der Waals surface area contributed by atoms with Crippen LogP contribution in [0.2, 0.25) is 0 Å². The van der Waals surface area contributed by atoms with Crippen LogP contribution in [0.3, 0.4) is 0 Å². The van der Waals surface area contributed by atoms with Crippen LogP contribution in [0.4, 0.5) is 4.79 Å². The quantitative estimate of drug-likeness (QED) is 0.680. The number of hydrogen-bond acceptors (Lipinski definition) is 2. The summed E-state index contributed by atoms with van der Waals surface area (Å²) < 4.78 is 0. The molecule has 0 saturated heterocycles. The SMILES string of the molecule is C=CC[C@H](CO)N(C(=O)O)C(C)(C)C. The Hall–Kier alpha value is -1.03. The van der Waals surface area contributed by atoms with Crippen molar-refractivity contribution >= 4 is 6.09 Å². The average molecular weight is 201 g/mol. The fourth-order valence-electron chi connectivity index (χ4n) is 1.44. The van der Waals surface area contributed by atoms with Crippen LogP contribution in [0, 0.1) is 0 Å². The van der Waals surface area contributed by atoms with Crippen LogP contribution >= 0.6 is 0 Å². The Bertz CT molecular complexity index is 208. The summed E-state index contributed by atoms with van der Waals surface area (Å²) in [6.45, 7) is 8.75. The summed E-state index contributed by atoms with van der Waals surface area (Å²) in [5.41, 5.74) is -0.512. The number of carboxylic acid groups (broad SMARTS) is 1. The van der Waals surface area contributed by atoms with Gasteiger partial charge in [0.05, 0.1) is 12.6 Å². The van der Waals surface area contributed by atoms with E-state index in [9.17, 15) is 4.79 Å². The van der Waals surface area contributed by atoms with Crippen molar-refractivity contribution in [1.29, 1.82) is 0 Å². The molecule has 0 saturated carbocycles. The fourth-order valence-corrected chi connectivity index (χ4v) is 1.44. The van der Waals surface area contributed by atoms with Gasteiger partial charge in [0.15, 0.2) is 0 Å². The lowest BCUT2D eigenvalue weighted by Crippen LogP contribution is -2.52. The van der Waals surface area contributed by atoms with Gasteiger partial charge >= 0.3 is 6.09 Å². The molecular formula is C10H19NO3. The Labute approximate surface area is 84.8 Å². The zero-order chi connectivity index (χ0) is 11.4. The summed E-state index contributed by atoms with van der Waals surface area (Å²) in [6, 6.07) is -0.412. The summed E-state index contributed by atoms with van der Waals surface area (Å²) in [6.07, 6.45) is 1.06. The Morgan fingerprint density at radius 1 is 1.57 bits per heavy atom. The fraction of sp³-hybridized carbons (Fsp3) is 0.700. The molecule has 14 heavy (non-hydrogen) atoms. The molecule has 0 aliphatic carbocycles. The van der Waals surface area contributed by atoms with Crippen molar-refractivity contribution < 1.29 is 15.0 Å². The van der Waals surface area contributed by atoms with E-state index >= 15 is 0 Å². The van der Waals surface area contributed by atoms with Gasteiger partial charge in [-0.1, -0.05) is 6.08 Å². The van der Waals surface area contributed by atoms with E-state index in [1.165, 1.54) is 4.90 Å². The third-order valence-corrected chi connectivity index (χ3v) is 1.94. The Morgan fingerprint density at radius 3 is 2.29 bits per heavy atom. The predicted molar refractivity (Wildman–Crippen MR) is 55.3 cm³/mol. The highest BCUT2D eigenvalue weighted by molar-refractivity contribution is 5.66. The minimum atomic E-state index is -1.02. The van der Waals surface area contributed by atoms with Crippen LogP contribution in [0.5, 0.6) is 0 Å². The molecule has 0 bridgehead atoms. The molecule has 4 nitrogen and oxygen atoms in total. The Morgan fingerprint density at radius 2 is 2.07 bits per heavy atom. The first-order valence-corrected chi connectivity index (χ1v) is 4.58. The molecular weight excluding hydrogens is 182 g/mol. The van der Waals surface area contributed by atoms with E-state index in [2.05, 4.69) is 6.58 Å². The maximum atomic E-state index is 11.0. The molecule has 0 aliphatic heterocycles. The number of nitrogens with zero attached hydrogens (tertiary/aromatic N) is 1. The van der Waals surface area contributed by atoms with Crippen molar-refractivity contribution in [1.82, 2.24) is 4.90 Å². The van der Waals surface area contributed by atoms with Gasteiger partial charge in [-0.25, -0.2) is 4.79 Å². The first-order chi connectivity index (χ1) is 6.34. The lowest BCUT2D eigenvalue weighted by Gasteiger charge is -2.38. The number of carbonyl (C=O) groups is 1. The first-order valence-electron chi connectivity index (χ1n) is 4.58. The van der Waals surface area contributed by atoms with E-state index in [-0.39, 0.29) is 6.61 Å². The molecule has 0 heterocycles. The molecule has 0 unspecified atom stereocenters. The minimum Gasteiger partial charge on any atom is -0.465 e. The molecule has 2 N–H and O–H groups in total. The molecule has 1 atom stereocenters. The third-order valence-electron chi connectivity index (χ3n) is 1.94. The minimum absolute atomic E-state index is 0.185. The van der Waals surface area contributed by atoms with Crippen LogP contribution in [-0.4, -0.2) is 39.4 Å². The second kappa shape index (κ2) is 5.00. The summed E-state index contributed by atoms with van der Waals surface area (Å²) in [5.74, 6) is 0. The normalized spacial score (nSPS) is 13.4. The standard InChI is InChI=1S/C10H19NO3/c1-5-6-8(7-12)11(9(13)14)10(2,3)4/h5,8,12H,1,6-7H2,2-4H3,(H,13,14)/t8-/m1/s1. The van der Waals surface area contributed by atoms with Gasteiger partial charge in [0, 0.05) is 5.54 Å². The van der Waals surface area contributed by atoms with Crippen molar-refractivity contribution in [3.05, 3.63) is 12.7 Å². The van der Waals surface area contributed by atoms with Crippen molar-refractivity contribution in [3.63, 3.8) is 0 Å². The molecule has 0 rings (SSSR count). The van der Waals surface area contributed by atoms with Gasteiger partial charge in [-0.15, -0.1) is 6.58 Å². The topological polar surface area (TPSA) is 60.8 Å². The van der Waals surface area contributed by atoms with E-state index in [4.69, 9.17) is 10.2 Å². The molecule has 0 aliphatic rings. The Kier molecular flexibility index (Phi) is 4.63. The van der Waals surface area contributed by atoms with Crippen LogP contribution in [0.25, 0.3) is 0 Å². The molecule has 0 aromatic rings. The van der Waals surface area contributed by atoms with Gasteiger partial charge in [0.1, 0.15) is 0 Å². The highest BCUT2D eigenvalue weighted by Gasteiger charge is 2.31. The van der Waals surface area contributed by atoms with Gasteiger partial charge in [0.25, 0.3) is 0 Å². The number of hydrogen-bond donors (Lipinski definition) is 2. The summed E-state index contributed by atoms with van der Waals surface area (Å²) >= 11 is 0. The maximum Gasteiger partial charge on any atom is 0.408 e. The molecule has 0 spiro atoms. The molecule has 0 aromatic carbocycles. The number of aliphatic hydroxyl groups is 1. The summed E-state index contributed by atoms with van der Waals surface area (Å²) in [7, 11) is 0. The highest BCUT2D eigenvalue weighted by Crippen LogP contribution is 2.19. The molecule has 0 radical (unpaired) electrons. The van der Waals surface area contributed by atoms with E-state index in [1.807, 2.05) is 0 Å². The molecule has 1 amide bonds. The lowest BCUT2D eigenvalue weighted by molar-refractivity contribution is 0.0475. The molecule has 0 aromatic heterocycles. The number of amides is 1. The monoisotopic (exact) mass is 201 g/mol. The maximum absolute atomic E-state index is 11.0. The van der Waals surface area contributed by atoms with Gasteiger partial charge in [0.2, 0.25) is 0 Å². The average Bonchev–Trinajstić information content (AvgIpc) is 2.00. The van der Waals surface area contributed by atoms with Crippen LogP contribution < -0.4 is 0 Å². The summed E-state index contributed by atoms with van der Waals surface area (Å²) in [4.78, 5) is 12.3. The number of aliphatic hydroxyl groups excluding tert-OH is 1. The van der Waals surface area contributed by atoms with Crippen LogP contribution in [0.15, 0.2) is 12.7 Å². The van der Waals surface area contributed by atoms with E-state index in [0.29, 0.717) is 6.42 Å². The first kappa shape index (κ1) is 13.0. The largest absolute Gasteiger partial charge is 0.465 e. The van der Waals surface area contributed by atoms with Gasteiger partial charge in [-0.3, -0.25) is 4.90 Å². The molecule has 0 fully saturated rings. The zero-order valence-corrected chi connectivity index (χ0v) is 9.03. The smallest absolute Gasteiger partial charge is 0.408 e. The van der Waals surface area contributed by atoms with Crippen molar-refractivity contribution in [3.8, 4) is 0 Å². The zero-order valence-electron chi connectivity index (χ0n) is 9.03. The number of rotatable bonds is 4. The summed E-state index contributed by atoms with van der Waals surface area (Å²) in [5, 5.41) is 18.1. The predicted octanol–water partition coefficient (Wildman–Crippen LogP) is 1.70. The van der Waals surface area contributed by atoms with E-state index < -0.39 is 17.7 Å². The lowest BCUT2D eigenvalue weighted by atomic mass is 10.0. The van der Waals surface area contributed by atoms with Gasteiger partial charge in [-0.05, 0) is 27.2 Å². The second-order valence-corrected chi connectivity index (χ2v) is 4.18. The van der Waals surface area contributed by atoms with Crippen molar-refractivity contribution in [2.45, 2.75) is 38.8 Å². The molecule has 4 heteroatoms. The van der Waals surface area contributed by atoms with E-state index in [0.717, 1.165) is 0 Å². The van der Waals surface area contributed by atoms with Crippen molar-refractivity contribution in [2.75, 3.05) is 6.61 Å². The second-order valence-electron chi connectivity index (χ2n) is 4.18. The third kappa shape index (κ3) is 3.38. The van der Waals surface area contributed by atoms with E-state index in [1.54, 1.807) is 26.8 Å². The van der Waals surface area contributed by atoms with Crippen LogP contribution in [0.1, 0.15) is 27.2 Å². The molecule has 82 valence electrons. The van der Waals surface area contributed by atoms with Crippen molar-refractivity contribution in [2.24, 2.45) is 0 Å². The van der Waals surface area contributed by atoms with Gasteiger partial charge in [-0.2, -0.15) is 0 Å². The van der Waals surface area contributed by atoms with Crippen LogP contribution in [-0.2, 0) is 0 Å².